The van der Waals surface area contributed by atoms with Crippen molar-refractivity contribution < 1.29 is 9.90 Å². The fraction of sp³-hybridized carbons (Fsp3) is 0.625. The maximum atomic E-state index is 11.1. The van der Waals surface area contributed by atoms with Gasteiger partial charge in [-0.1, -0.05) is 26.7 Å². The lowest BCUT2D eigenvalue weighted by atomic mass is 9.83. The molecule has 0 atom stereocenters. The summed E-state index contributed by atoms with van der Waals surface area (Å²) < 4.78 is 0. The molecule has 0 unspecified atom stereocenters. The minimum absolute atomic E-state index is 0.316. The van der Waals surface area contributed by atoms with Gasteiger partial charge in [-0.05, 0) is 43.2 Å². The fourth-order valence-corrected chi connectivity index (χ4v) is 2.77. The van der Waals surface area contributed by atoms with Crippen LogP contribution in [0, 0.1) is 11.8 Å². The summed E-state index contributed by atoms with van der Waals surface area (Å²) in [6, 6.07) is 3.28. The molecule has 4 nitrogen and oxygen atoms in total. The lowest BCUT2D eigenvalue weighted by molar-refractivity contribution is 0.0696. The minimum Gasteiger partial charge on any atom is -0.478 e. The van der Waals surface area contributed by atoms with Gasteiger partial charge in [0, 0.05) is 12.2 Å². The van der Waals surface area contributed by atoms with E-state index in [-0.39, 0.29) is 0 Å². The van der Waals surface area contributed by atoms with Crippen molar-refractivity contribution in [2.45, 2.75) is 46.0 Å². The quantitative estimate of drug-likeness (QED) is 0.863. The number of carbonyl (C=O) groups is 1. The molecule has 1 aromatic heterocycles. The van der Waals surface area contributed by atoms with Gasteiger partial charge in [-0.25, -0.2) is 9.78 Å². The number of aromatic carboxylic acids is 1. The summed E-state index contributed by atoms with van der Waals surface area (Å²) >= 11 is 0. The second-order valence-electron chi connectivity index (χ2n) is 5.90. The number of aryl methyl sites for hydroxylation is 1. The van der Waals surface area contributed by atoms with E-state index >= 15 is 0 Å². The number of hydrogen-bond donors (Lipinski definition) is 2. The number of hydrogen-bond acceptors (Lipinski definition) is 3. The first-order valence-corrected chi connectivity index (χ1v) is 7.56. The highest BCUT2D eigenvalue weighted by Gasteiger charge is 2.18. The molecule has 2 rings (SSSR count). The summed E-state index contributed by atoms with van der Waals surface area (Å²) in [7, 11) is 0. The van der Waals surface area contributed by atoms with E-state index in [1.165, 1.54) is 25.7 Å². The Kier molecular flexibility index (Phi) is 4.99. The molecule has 1 fully saturated rings. The van der Waals surface area contributed by atoms with E-state index in [4.69, 9.17) is 5.11 Å². The average molecular weight is 276 g/mol. The van der Waals surface area contributed by atoms with Crippen LogP contribution in [0.1, 0.15) is 55.6 Å². The van der Waals surface area contributed by atoms with E-state index in [9.17, 15) is 4.79 Å². The molecule has 1 aromatic rings. The number of carboxylic acids is 1. The van der Waals surface area contributed by atoms with Crippen molar-refractivity contribution in [1.29, 1.82) is 0 Å². The molecule has 2 N–H and O–H groups in total. The van der Waals surface area contributed by atoms with Crippen LogP contribution in [0.3, 0.4) is 0 Å². The molecule has 0 bridgehead atoms. The van der Waals surface area contributed by atoms with E-state index < -0.39 is 5.97 Å². The zero-order valence-electron chi connectivity index (χ0n) is 12.4. The molecule has 1 aliphatic rings. The van der Waals surface area contributed by atoms with Crippen molar-refractivity contribution in [3.63, 3.8) is 0 Å². The van der Waals surface area contributed by atoms with Crippen LogP contribution in [-0.4, -0.2) is 22.6 Å². The maximum Gasteiger partial charge on any atom is 0.335 e. The number of rotatable bonds is 5. The van der Waals surface area contributed by atoms with Crippen LogP contribution in [0.4, 0.5) is 5.82 Å². The number of carboxylic acid groups (broad SMARTS) is 1. The first kappa shape index (κ1) is 14.8. The summed E-state index contributed by atoms with van der Waals surface area (Å²) in [5.41, 5.74) is 1.14. The highest BCUT2D eigenvalue weighted by atomic mass is 16.4. The third-order valence-corrected chi connectivity index (χ3v) is 4.19. The smallest absolute Gasteiger partial charge is 0.335 e. The number of pyridine rings is 1. The van der Waals surface area contributed by atoms with Gasteiger partial charge in [0.1, 0.15) is 5.82 Å². The van der Waals surface area contributed by atoms with Crippen molar-refractivity contribution in [3.05, 3.63) is 23.4 Å². The standard InChI is InChI=1S/C16H24N2O2/c1-3-14-8-13(16(19)20)9-15(18-14)17-10-12-6-4-11(2)5-7-12/h8-9,11-12H,3-7,10H2,1-2H3,(H,17,18)(H,19,20). The van der Waals surface area contributed by atoms with Crippen LogP contribution in [0.25, 0.3) is 0 Å². The monoisotopic (exact) mass is 276 g/mol. The van der Waals surface area contributed by atoms with E-state index in [2.05, 4.69) is 17.2 Å². The number of anilines is 1. The Labute approximate surface area is 120 Å². The third kappa shape index (κ3) is 3.95. The van der Waals surface area contributed by atoms with E-state index in [0.717, 1.165) is 24.6 Å². The van der Waals surface area contributed by atoms with Gasteiger partial charge in [0.2, 0.25) is 0 Å². The van der Waals surface area contributed by atoms with Crippen LogP contribution in [0.2, 0.25) is 0 Å². The van der Waals surface area contributed by atoms with Crippen molar-refractivity contribution >= 4 is 11.8 Å². The number of aromatic nitrogens is 1. The van der Waals surface area contributed by atoms with E-state index in [1.54, 1.807) is 12.1 Å². The summed E-state index contributed by atoms with van der Waals surface area (Å²) in [5, 5.41) is 12.4. The first-order valence-electron chi connectivity index (χ1n) is 7.56. The molecule has 110 valence electrons. The SMILES string of the molecule is CCc1cc(C(=O)O)cc(NCC2CCC(C)CC2)n1. The van der Waals surface area contributed by atoms with Gasteiger partial charge >= 0.3 is 5.97 Å². The van der Waals surface area contributed by atoms with Crippen molar-refractivity contribution in [1.82, 2.24) is 4.98 Å². The summed E-state index contributed by atoms with van der Waals surface area (Å²) in [5.74, 6) is 1.34. The molecule has 0 saturated heterocycles. The van der Waals surface area contributed by atoms with Gasteiger partial charge in [-0.2, -0.15) is 0 Å². The molecule has 20 heavy (non-hydrogen) atoms. The highest BCUT2D eigenvalue weighted by molar-refractivity contribution is 5.88. The summed E-state index contributed by atoms with van der Waals surface area (Å²) in [6.45, 7) is 5.20. The molecule has 0 radical (unpaired) electrons. The van der Waals surface area contributed by atoms with Gasteiger partial charge in [-0.3, -0.25) is 0 Å². The Bertz CT molecular complexity index is 466. The van der Waals surface area contributed by atoms with Crippen LogP contribution in [0.5, 0.6) is 0 Å². The molecule has 0 amide bonds. The molecule has 1 saturated carbocycles. The van der Waals surface area contributed by atoms with Crippen molar-refractivity contribution in [2.75, 3.05) is 11.9 Å². The van der Waals surface area contributed by atoms with Crippen LogP contribution in [-0.2, 0) is 6.42 Å². The lowest BCUT2D eigenvalue weighted by Crippen LogP contribution is -2.20. The first-order chi connectivity index (χ1) is 9.58. The molecule has 1 aliphatic carbocycles. The molecule has 0 aliphatic heterocycles. The van der Waals surface area contributed by atoms with Crippen molar-refractivity contribution in [2.24, 2.45) is 11.8 Å². The van der Waals surface area contributed by atoms with E-state index in [0.29, 0.717) is 17.3 Å². The highest BCUT2D eigenvalue weighted by Crippen LogP contribution is 2.28. The Morgan fingerprint density at radius 2 is 2.05 bits per heavy atom. The van der Waals surface area contributed by atoms with Gasteiger partial charge in [0.25, 0.3) is 0 Å². The Hall–Kier alpha value is -1.58. The van der Waals surface area contributed by atoms with Crippen LogP contribution in [0.15, 0.2) is 12.1 Å². The normalized spacial score (nSPS) is 22.5. The van der Waals surface area contributed by atoms with Crippen LogP contribution < -0.4 is 5.32 Å². The summed E-state index contributed by atoms with van der Waals surface area (Å²) in [6.07, 6.45) is 5.86. The Balaban J connectivity index is 1.98. The molecule has 4 heteroatoms. The largest absolute Gasteiger partial charge is 0.478 e. The van der Waals surface area contributed by atoms with E-state index in [1.807, 2.05) is 6.92 Å². The lowest BCUT2D eigenvalue weighted by Gasteiger charge is -2.26. The van der Waals surface area contributed by atoms with Gasteiger partial charge in [-0.15, -0.1) is 0 Å². The fourth-order valence-electron chi connectivity index (χ4n) is 2.77. The molecule has 1 heterocycles. The zero-order valence-corrected chi connectivity index (χ0v) is 12.4. The Morgan fingerprint density at radius 3 is 2.65 bits per heavy atom. The maximum absolute atomic E-state index is 11.1. The topological polar surface area (TPSA) is 62.2 Å². The molecular weight excluding hydrogens is 252 g/mol. The van der Waals surface area contributed by atoms with Gasteiger partial charge in [0.05, 0.1) is 5.56 Å². The third-order valence-electron chi connectivity index (χ3n) is 4.19. The molecule has 0 aromatic carbocycles. The van der Waals surface area contributed by atoms with Gasteiger partial charge < -0.3 is 10.4 Å². The second kappa shape index (κ2) is 6.73. The number of nitrogens with one attached hydrogen (secondary N) is 1. The molecular formula is C16H24N2O2. The van der Waals surface area contributed by atoms with Gasteiger partial charge in [0.15, 0.2) is 0 Å². The van der Waals surface area contributed by atoms with Crippen LogP contribution >= 0.6 is 0 Å². The minimum atomic E-state index is -0.892. The second-order valence-corrected chi connectivity index (χ2v) is 5.90. The average Bonchev–Trinajstić information content (AvgIpc) is 2.46. The predicted molar refractivity (Wildman–Crippen MR) is 80.2 cm³/mol. The van der Waals surface area contributed by atoms with Crippen molar-refractivity contribution in [3.8, 4) is 0 Å². The zero-order chi connectivity index (χ0) is 14.5. The molecule has 0 spiro atoms. The Morgan fingerprint density at radius 1 is 1.35 bits per heavy atom. The number of nitrogens with zero attached hydrogens (tertiary/aromatic N) is 1. The summed E-state index contributed by atoms with van der Waals surface area (Å²) in [4.78, 5) is 15.6. The predicted octanol–water partition coefficient (Wildman–Crippen LogP) is 3.58.